The third kappa shape index (κ3) is 4.14. The third-order valence-electron chi connectivity index (χ3n) is 5.82. The molecule has 3 aromatic rings. The number of aryl methyl sites for hydroxylation is 1. The molecule has 0 unspecified atom stereocenters. The number of amidine groups is 1. The summed E-state index contributed by atoms with van der Waals surface area (Å²) in [5.41, 5.74) is 5.92. The molecule has 0 spiro atoms. The fraction of sp³-hybridized carbons (Fsp3) is 0.231. The van der Waals surface area contributed by atoms with Gasteiger partial charge in [0.2, 0.25) is 0 Å². The Kier molecular flexibility index (Phi) is 5.46. The standard InChI is InChI=1S/C26H26FN5O/c1-18-15-30(17-28-18)24-11-6-20(14-25(24)33-3)13-21-5-4-12-31-26(21)29-19(2)16-32(31)23-9-7-22(27)8-10-23/h6-11,13-17H,4-5,12H2,1-3H3. The highest BCUT2D eigenvalue weighted by atomic mass is 19.1. The van der Waals surface area contributed by atoms with E-state index in [-0.39, 0.29) is 5.82 Å². The van der Waals surface area contributed by atoms with E-state index >= 15 is 0 Å². The van der Waals surface area contributed by atoms with Gasteiger partial charge < -0.3 is 9.30 Å². The zero-order valence-electron chi connectivity index (χ0n) is 19.0. The van der Waals surface area contributed by atoms with Crippen molar-refractivity contribution in [3.63, 3.8) is 0 Å². The molecule has 0 amide bonds. The summed E-state index contributed by atoms with van der Waals surface area (Å²) < 4.78 is 21.1. The fourth-order valence-electron chi connectivity index (χ4n) is 4.28. The summed E-state index contributed by atoms with van der Waals surface area (Å²) in [6.45, 7) is 4.80. The zero-order chi connectivity index (χ0) is 22.9. The number of rotatable bonds is 4. The summed E-state index contributed by atoms with van der Waals surface area (Å²) in [4.78, 5) is 9.18. The number of methoxy groups -OCH3 is 1. The van der Waals surface area contributed by atoms with Crippen LogP contribution in [-0.4, -0.2) is 34.1 Å². The number of allylic oxidation sites excluding steroid dienone is 1. The van der Waals surface area contributed by atoms with Gasteiger partial charge in [0.25, 0.3) is 0 Å². The molecule has 2 aromatic carbocycles. The molecule has 3 heterocycles. The number of hydrogen-bond donors (Lipinski definition) is 0. The fourth-order valence-corrected chi connectivity index (χ4v) is 4.28. The van der Waals surface area contributed by atoms with E-state index in [9.17, 15) is 4.39 Å². The van der Waals surface area contributed by atoms with Crippen LogP contribution in [0.1, 0.15) is 31.0 Å². The van der Waals surface area contributed by atoms with Gasteiger partial charge in [0.05, 0.1) is 36.2 Å². The van der Waals surface area contributed by atoms with E-state index in [1.165, 1.54) is 12.1 Å². The molecule has 1 aromatic heterocycles. The Hall–Kier alpha value is -3.87. The molecule has 0 saturated carbocycles. The molecular formula is C26H26FN5O. The molecule has 0 N–H and O–H groups in total. The lowest BCUT2D eigenvalue weighted by Gasteiger charge is -2.42. The summed E-state index contributed by atoms with van der Waals surface area (Å²) in [6, 6.07) is 12.7. The molecule has 5 rings (SSSR count). The number of hydrogen-bond acceptors (Lipinski definition) is 5. The lowest BCUT2D eigenvalue weighted by molar-refractivity contribution is 0.388. The van der Waals surface area contributed by atoms with Gasteiger partial charge in [0, 0.05) is 18.9 Å². The van der Waals surface area contributed by atoms with Gasteiger partial charge in [-0.1, -0.05) is 6.07 Å². The van der Waals surface area contributed by atoms with Crippen LogP contribution in [0.25, 0.3) is 11.8 Å². The van der Waals surface area contributed by atoms with Crippen molar-refractivity contribution in [3.8, 4) is 11.4 Å². The summed E-state index contributed by atoms with van der Waals surface area (Å²) in [5, 5.41) is 4.23. The molecule has 1 saturated heterocycles. The van der Waals surface area contributed by atoms with Crippen molar-refractivity contribution < 1.29 is 9.13 Å². The number of halogens is 1. The molecule has 0 radical (unpaired) electrons. The van der Waals surface area contributed by atoms with Crippen molar-refractivity contribution in [2.45, 2.75) is 26.7 Å². The first-order valence-electron chi connectivity index (χ1n) is 11.0. The zero-order valence-corrected chi connectivity index (χ0v) is 19.0. The maximum atomic E-state index is 13.5. The lowest BCUT2D eigenvalue weighted by Crippen LogP contribution is -2.49. The summed E-state index contributed by atoms with van der Waals surface area (Å²) >= 11 is 0. The Balaban J connectivity index is 1.49. The van der Waals surface area contributed by atoms with E-state index < -0.39 is 0 Å². The Morgan fingerprint density at radius 3 is 2.64 bits per heavy atom. The highest BCUT2D eigenvalue weighted by Crippen LogP contribution is 2.32. The Morgan fingerprint density at radius 1 is 1.09 bits per heavy atom. The van der Waals surface area contributed by atoms with E-state index in [1.54, 1.807) is 25.6 Å². The van der Waals surface area contributed by atoms with Gasteiger partial charge in [-0.15, -0.1) is 0 Å². The van der Waals surface area contributed by atoms with Crippen LogP contribution in [0.4, 0.5) is 10.1 Å². The number of aromatic nitrogens is 2. The normalized spacial score (nSPS) is 17.0. The van der Waals surface area contributed by atoms with Gasteiger partial charge in [-0.3, -0.25) is 10.0 Å². The van der Waals surface area contributed by atoms with Crippen LogP contribution in [0.2, 0.25) is 0 Å². The summed E-state index contributed by atoms with van der Waals surface area (Å²) in [6.07, 6.45) is 9.87. The van der Waals surface area contributed by atoms with E-state index in [1.807, 2.05) is 42.9 Å². The van der Waals surface area contributed by atoms with E-state index in [2.05, 4.69) is 27.1 Å². The van der Waals surface area contributed by atoms with Crippen molar-refractivity contribution in [1.29, 1.82) is 0 Å². The van der Waals surface area contributed by atoms with Gasteiger partial charge in [0.1, 0.15) is 11.6 Å². The molecule has 168 valence electrons. The number of benzene rings is 2. The third-order valence-corrected chi connectivity index (χ3v) is 5.82. The molecular weight excluding hydrogens is 417 g/mol. The number of imidazole rings is 1. The van der Waals surface area contributed by atoms with E-state index in [0.717, 1.165) is 64.9 Å². The van der Waals surface area contributed by atoms with Crippen LogP contribution in [-0.2, 0) is 0 Å². The molecule has 1 fully saturated rings. The van der Waals surface area contributed by atoms with Crippen LogP contribution in [0.5, 0.6) is 5.75 Å². The minimum Gasteiger partial charge on any atom is -0.495 e. The number of fused-ring (bicyclic) bond motifs is 1. The number of piperidine rings is 1. The van der Waals surface area contributed by atoms with Crippen LogP contribution >= 0.6 is 0 Å². The second-order valence-electron chi connectivity index (χ2n) is 8.28. The number of anilines is 1. The molecule has 7 heteroatoms. The minimum atomic E-state index is -0.243. The quantitative estimate of drug-likeness (QED) is 0.534. The molecule has 33 heavy (non-hydrogen) atoms. The molecule has 6 nitrogen and oxygen atoms in total. The molecule has 2 aliphatic rings. The summed E-state index contributed by atoms with van der Waals surface area (Å²) in [7, 11) is 1.68. The van der Waals surface area contributed by atoms with Crippen LogP contribution in [0, 0.1) is 12.7 Å². The largest absolute Gasteiger partial charge is 0.495 e. The van der Waals surface area contributed by atoms with E-state index in [0.29, 0.717) is 0 Å². The van der Waals surface area contributed by atoms with Crippen molar-refractivity contribution in [1.82, 2.24) is 14.6 Å². The predicted molar refractivity (Wildman–Crippen MR) is 129 cm³/mol. The molecule has 0 bridgehead atoms. The second kappa shape index (κ2) is 8.58. The van der Waals surface area contributed by atoms with Crippen molar-refractivity contribution in [2.24, 2.45) is 4.99 Å². The van der Waals surface area contributed by atoms with Gasteiger partial charge in [-0.25, -0.2) is 14.4 Å². The van der Waals surface area contributed by atoms with Crippen molar-refractivity contribution in [3.05, 3.63) is 89.5 Å². The summed E-state index contributed by atoms with van der Waals surface area (Å²) in [5.74, 6) is 1.47. The van der Waals surface area contributed by atoms with Gasteiger partial charge in [-0.05, 0) is 80.3 Å². The first-order valence-corrected chi connectivity index (χ1v) is 11.0. The highest BCUT2D eigenvalue weighted by Gasteiger charge is 2.29. The van der Waals surface area contributed by atoms with Crippen molar-refractivity contribution >= 4 is 17.6 Å². The van der Waals surface area contributed by atoms with Gasteiger partial charge in [-0.2, -0.15) is 0 Å². The molecule has 0 atom stereocenters. The maximum absolute atomic E-state index is 13.5. The second-order valence-corrected chi connectivity index (χ2v) is 8.28. The SMILES string of the molecule is COc1cc(C=C2CCCN3C2=NC(C)=CN3c2ccc(F)cc2)ccc1-n1cnc(C)c1. The Bertz CT molecular complexity index is 1270. The average molecular weight is 444 g/mol. The first kappa shape index (κ1) is 21.0. The van der Waals surface area contributed by atoms with Crippen LogP contribution < -0.4 is 9.75 Å². The van der Waals surface area contributed by atoms with Gasteiger partial charge in [0.15, 0.2) is 5.84 Å². The number of hydrazine groups is 1. The minimum absolute atomic E-state index is 0.243. The number of nitrogens with zero attached hydrogens (tertiary/aromatic N) is 5. The average Bonchev–Trinajstić information content (AvgIpc) is 3.25. The van der Waals surface area contributed by atoms with Crippen LogP contribution in [0.3, 0.4) is 0 Å². The highest BCUT2D eigenvalue weighted by molar-refractivity contribution is 6.04. The molecule has 0 aliphatic carbocycles. The molecule has 2 aliphatic heterocycles. The van der Waals surface area contributed by atoms with Gasteiger partial charge >= 0.3 is 0 Å². The topological polar surface area (TPSA) is 45.9 Å². The predicted octanol–water partition coefficient (Wildman–Crippen LogP) is 5.50. The monoisotopic (exact) mass is 443 g/mol. The number of aliphatic imine (C=N–C) groups is 1. The van der Waals surface area contributed by atoms with Crippen molar-refractivity contribution in [2.75, 3.05) is 18.7 Å². The Morgan fingerprint density at radius 2 is 1.91 bits per heavy atom. The van der Waals surface area contributed by atoms with Crippen LogP contribution in [0.15, 0.2) is 77.5 Å². The van der Waals surface area contributed by atoms with E-state index in [4.69, 9.17) is 9.73 Å². The number of ether oxygens (including phenoxy) is 1. The Labute approximate surface area is 192 Å². The smallest absolute Gasteiger partial charge is 0.151 e. The first-order chi connectivity index (χ1) is 16.0. The lowest BCUT2D eigenvalue weighted by atomic mass is 10.00. The maximum Gasteiger partial charge on any atom is 0.151 e.